The van der Waals surface area contributed by atoms with Gasteiger partial charge < -0.3 is 9.80 Å². The molecular formula is C29H31N5OS. The van der Waals surface area contributed by atoms with Crippen LogP contribution in [0, 0.1) is 13.8 Å². The smallest absolute Gasteiger partial charge is 0.253 e. The second kappa shape index (κ2) is 10.7. The molecule has 2 heterocycles. The number of piperazine rings is 1. The first-order chi connectivity index (χ1) is 17.5. The molecule has 0 spiro atoms. The Balaban J connectivity index is 1.34. The maximum absolute atomic E-state index is 12.9. The molecule has 36 heavy (non-hydrogen) atoms. The maximum Gasteiger partial charge on any atom is 0.253 e. The monoisotopic (exact) mass is 497 g/mol. The Bertz CT molecular complexity index is 1320. The lowest BCUT2D eigenvalue weighted by Gasteiger charge is -2.32. The van der Waals surface area contributed by atoms with E-state index in [9.17, 15) is 4.79 Å². The topological polar surface area (TPSA) is 54.3 Å². The molecule has 1 aliphatic rings. The highest BCUT2D eigenvalue weighted by molar-refractivity contribution is 7.98. The number of nitrogens with zero attached hydrogens (tertiary/aromatic N) is 5. The minimum absolute atomic E-state index is 0.115. The van der Waals surface area contributed by atoms with Crippen LogP contribution in [-0.4, -0.2) is 63.7 Å². The normalized spacial score (nSPS) is 14.2. The number of hydrogen-bond acceptors (Lipinski definition) is 5. The van der Waals surface area contributed by atoms with Crippen molar-refractivity contribution in [2.24, 2.45) is 0 Å². The number of hydrogen-bond donors (Lipinski definition) is 0. The fraction of sp³-hybridized carbons (Fsp3) is 0.276. The molecule has 0 atom stereocenters. The highest BCUT2D eigenvalue weighted by atomic mass is 32.2. The van der Waals surface area contributed by atoms with Gasteiger partial charge in [-0.2, -0.15) is 0 Å². The predicted molar refractivity (Wildman–Crippen MR) is 146 cm³/mol. The van der Waals surface area contributed by atoms with Gasteiger partial charge in [0.2, 0.25) is 0 Å². The summed E-state index contributed by atoms with van der Waals surface area (Å²) in [5.41, 5.74) is 6.39. The van der Waals surface area contributed by atoms with Crippen LogP contribution in [0.3, 0.4) is 0 Å². The lowest BCUT2D eigenvalue weighted by atomic mass is 10.1. The molecule has 0 aliphatic carbocycles. The molecule has 4 aromatic rings. The van der Waals surface area contributed by atoms with E-state index in [0.29, 0.717) is 0 Å². The van der Waals surface area contributed by atoms with Crippen molar-refractivity contribution in [1.29, 1.82) is 0 Å². The zero-order valence-corrected chi connectivity index (χ0v) is 21.8. The van der Waals surface area contributed by atoms with Crippen LogP contribution in [0.2, 0.25) is 0 Å². The molecule has 0 radical (unpaired) electrons. The fourth-order valence-corrected chi connectivity index (χ4v) is 5.17. The largest absolute Gasteiger partial charge is 0.336 e. The number of benzene rings is 3. The van der Waals surface area contributed by atoms with Crippen molar-refractivity contribution < 1.29 is 4.79 Å². The number of amides is 1. The zero-order chi connectivity index (χ0) is 25.1. The molecule has 1 aromatic heterocycles. The number of rotatable bonds is 6. The highest BCUT2D eigenvalue weighted by Crippen LogP contribution is 2.30. The Labute approximate surface area is 217 Å². The summed E-state index contributed by atoms with van der Waals surface area (Å²) < 4.78 is 2.13. The van der Waals surface area contributed by atoms with Gasteiger partial charge in [0.25, 0.3) is 5.91 Å². The zero-order valence-electron chi connectivity index (χ0n) is 21.0. The van der Waals surface area contributed by atoms with Gasteiger partial charge in [-0.3, -0.25) is 9.36 Å². The maximum atomic E-state index is 12.9. The quantitative estimate of drug-likeness (QED) is 0.342. The summed E-state index contributed by atoms with van der Waals surface area (Å²) in [6.45, 7) is 7.58. The Morgan fingerprint density at radius 1 is 0.806 bits per heavy atom. The molecule has 1 saturated heterocycles. The summed E-state index contributed by atoms with van der Waals surface area (Å²) in [4.78, 5) is 17.1. The molecule has 1 amide bonds. The SMILES string of the molecule is Cc1ccc(-c2nnc(SCc3ccc(C(=O)N4CCN(C)CC4)cc3)n2-c2ccc(C)cc2)cc1. The molecule has 0 unspecified atom stereocenters. The molecule has 184 valence electrons. The number of thioether (sulfide) groups is 1. The average molecular weight is 498 g/mol. The van der Waals surface area contributed by atoms with E-state index in [4.69, 9.17) is 0 Å². The van der Waals surface area contributed by atoms with Crippen molar-refractivity contribution in [2.45, 2.75) is 24.8 Å². The van der Waals surface area contributed by atoms with Crippen molar-refractivity contribution in [1.82, 2.24) is 24.6 Å². The van der Waals surface area contributed by atoms with E-state index in [1.165, 1.54) is 11.1 Å². The standard InChI is InChI=1S/C29H31N5OS/c1-21-4-10-24(11-5-21)27-30-31-29(34(27)26-14-6-22(2)7-15-26)36-20-23-8-12-25(13-9-23)28(35)33-18-16-32(3)17-19-33/h4-15H,16-20H2,1-3H3. The van der Waals surface area contributed by atoms with Gasteiger partial charge in [0, 0.05) is 48.7 Å². The van der Waals surface area contributed by atoms with Crippen LogP contribution >= 0.6 is 11.8 Å². The molecular weight excluding hydrogens is 466 g/mol. The minimum Gasteiger partial charge on any atom is -0.336 e. The first-order valence-corrected chi connectivity index (χ1v) is 13.3. The van der Waals surface area contributed by atoms with E-state index in [1.54, 1.807) is 11.8 Å². The van der Waals surface area contributed by atoms with Crippen LogP contribution in [-0.2, 0) is 5.75 Å². The molecule has 7 heteroatoms. The van der Waals surface area contributed by atoms with Gasteiger partial charge >= 0.3 is 0 Å². The van der Waals surface area contributed by atoms with Crippen LogP contribution in [0.4, 0.5) is 0 Å². The number of carbonyl (C=O) groups is 1. The van der Waals surface area contributed by atoms with Crippen LogP contribution in [0.5, 0.6) is 0 Å². The Morgan fingerprint density at radius 2 is 1.42 bits per heavy atom. The van der Waals surface area contributed by atoms with Crippen LogP contribution < -0.4 is 0 Å². The summed E-state index contributed by atoms with van der Waals surface area (Å²) >= 11 is 1.65. The summed E-state index contributed by atoms with van der Waals surface area (Å²) in [6.07, 6.45) is 0. The van der Waals surface area contributed by atoms with Gasteiger partial charge in [-0.15, -0.1) is 10.2 Å². The minimum atomic E-state index is 0.115. The Kier molecular flexibility index (Phi) is 7.20. The summed E-state index contributed by atoms with van der Waals surface area (Å²) in [5.74, 6) is 1.68. The highest BCUT2D eigenvalue weighted by Gasteiger charge is 2.20. The van der Waals surface area contributed by atoms with E-state index < -0.39 is 0 Å². The van der Waals surface area contributed by atoms with E-state index in [0.717, 1.165) is 65.3 Å². The van der Waals surface area contributed by atoms with Crippen LogP contribution in [0.1, 0.15) is 27.0 Å². The van der Waals surface area contributed by atoms with Gasteiger partial charge in [0.1, 0.15) is 0 Å². The van der Waals surface area contributed by atoms with Gasteiger partial charge in [0.05, 0.1) is 0 Å². The third kappa shape index (κ3) is 5.37. The molecule has 1 fully saturated rings. The van der Waals surface area contributed by atoms with E-state index >= 15 is 0 Å². The van der Waals surface area contributed by atoms with Crippen molar-refractivity contribution in [2.75, 3.05) is 33.2 Å². The first-order valence-electron chi connectivity index (χ1n) is 12.3. The lowest BCUT2D eigenvalue weighted by molar-refractivity contribution is 0.0664. The molecule has 0 saturated carbocycles. The van der Waals surface area contributed by atoms with Crippen LogP contribution in [0.15, 0.2) is 78.0 Å². The Morgan fingerprint density at radius 3 is 2.06 bits per heavy atom. The third-order valence-electron chi connectivity index (χ3n) is 6.59. The van der Waals surface area contributed by atoms with Crippen molar-refractivity contribution in [3.63, 3.8) is 0 Å². The fourth-order valence-electron chi connectivity index (χ4n) is 4.26. The summed E-state index contributed by atoms with van der Waals surface area (Å²) in [6, 6.07) is 24.8. The lowest BCUT2D eigenvalue weighted by Crippen LogP contribution is -2.47. The second-order valence-corrected chi connectivity index (χ2v) is 10.4. The van der Waals surface area contributed by atoms with Gasteiger partial charge in [-0.1, -0.05) is 71.4 Å². The number of aromatic nitrogens is 3. The van der Waals surface area contributed by atoms with Gasteiger partial charge in [-0.25, -0.2) is 0 Å². The van der Waals surface area contributed by atoms with Crippen LogP contribution in [0.25, 0.3) is 17.1 Å². The number of likely N-dealkylation sites (N-methyl/N-ethyl adjacent to an activating group) is 1. The van der Waals surface area contributed by atoms with Gasteiger partial charge in [-0.05, 0) is 50.7 Å². The van der Waals surface area contributed by atoms with Crippen molar-refractivity contribution in [3.8, 4) is 17.1 Å². The molecule has 0 bridgehead atoms. The molecule has 6 nitrogen and oxygen atoms in total. The summed E-state index contributed by atoms with van der Waals surface area (Å²) in [5, 5.41) is 9.95. The molecule has 3 aromatic carbocycles. The van der Waals surface area contributed by atoms with Crippen molar-refractivity contribution in [3.05, 3.63) is 95.1 Å². The summed E-state index contributed by atoms with van der Waals surface area (Å²) in [7, 11) is 2.09. The average Bonchev–Trinajstić information content (AvgIpc) is 3.32. The molecule has 5 rings (SSSR count). The van der Waals surface area contributed by atoms with E-state index in [1.807, 2.05) is 29.2 Å². The second-order valence-electron chi connectivity index (χ2n) is 9.42. The number of carbonyl (C=O) groups excluding carboxylic acids is 1. The molecule has 1 aliphatic heterocycles. The van der Waals surface area contributed by atoms with E-state index in [2.05, 4.69) is 89.1 Å². The predicted octanol–water partition coefficient (Wildman–Crippen LogP) is 5.23. The molecule has 0 N–H and O–H groups in total. The first kappa shape index (κ1) is 24.3. The number of aryl methyl sites for hydroxylation is 2. The third-order valence-corrected chi connectivity index (χ3v) is 7.59. The Hall–Kier alpha value is -3.42. The van der Waals surface area contributed by atoms with Crippen molar-refractivity contribution >= 4 is 17.7 Å². The van der Waals surface area contributed by atoms with E-state index in [-0.39, 0.29) is 5.91 Å². The van der Waals surface area contributed by atoms with Gasteiger partial charge in [0.15, 0.2) is 11.0 Å².